The summed E-state index contributed by atoms with van der Waals surface area (Å²) in [7, 11) is 1.59. The van der Waals surface area contributed by atoms with E-state index in [-0.39, 0.29) is 5.91 Å². The van der Waals surface area contributed by atoms with Crippen molar-refractivity contribution in [1.82, 2.24) is 31.7 Å². The summed E-state index contributed by atoms with van der Waals surface area (Å²) in [5.41, 5.74) is 14.3. The van der Waals surface area contributed by atoms with Crippen LogP contribution in [-0.4, -0.2) is 36.1 Å². The molecule has 0 saturated carbocycles. The van der Waals surface area contributed by atoms with E-state index in [1.807, 2.05) is 45.0 Å². The fourth-order valence-corrected chi connectivity index (χ4v) is 3.66. The van der Waals surface area contributed by atoms with Crippen LogP contribution in [0.5, 0.6) is 11.6 Å². The number of benzene rings is 1. The molecule has 1 amide bonds. The van der Waals surface area contributed by atoms with E-state index >= 15 is 0 Å². The molecule has 0 radical (unpaired) electrons. The molecule has 0 spiro atoms. The fourth-order valence-electron chi connectivity index (χ4n) is 3.66. The van der Waals surface area contributed by atoms with Crippen LogP contribution >= 0.6 is 0 Å². The number of aromatic nitrogens is 2. The third-order valence-corrected chi connectivity index (χ3v) is 5.38. The summed E-state index contributed by atoms with van der Waals surface area (Å²) in [6.45, 7) is 6.82. The lowest BCUT2D eigenvalue weighted by Crippen LogP contribution is -2.33. The van der Waals surface area contributed by atoms with Crippen LogP contribution in [0, 0.1) is 6.92 Å². The topological polar surface area (TPSA) is 109 Å². The number of nitrogens with zero attached hydrogens (tertiary/aromatic N) is 2. The molecule has 0 saturated heterocycles. The highest BCUT2D eigenvalue weighted by atomic mass is 16.5. The fraction of sp³-hybridized carbons (Fsp3) is 0.292. The molecule has 0 bridgehead atoms. The van der Waals surface area contributed by atoms with Gasteiger partial charge < -0.3 is 25.6 Å². The number of carbonyl (C=O) groups is 1. The van der Waals surface area contributed by atoms with Crippen LogP contribution in [-0.2, 0) is 0 Å². The van der Waals surface area contributed by atoms with Gasteiger partial charge in [0.15, 0.2) is 0 Å². The third-order valence-electron chi connectivity index (χ3n) is 5.38. The van der Waals surface area contributed by atoms with E-state index in [1.54, 1.807) is 19.2 Å². The maximum Gasteiger partial charge on any atom is 0.251 e. The molecule has 33 heavy (non-hydrogen) atoms. The lowest BCUT2D eigenvalue weighted by atomic mass is 10.1. The summed E-state index contributed by atoms with van der Waals surface area (Å²) in [5, 5.41) is 3.80. The van der Waals surface area contributed by atoms with Gasteiger partial charge in [-0.05, 0) is 51.1 Å². The number of rotatable bonds is 8. The minimum atomic E-state index is -0.159. The minimum Gasteiger partial charge on any atom is -0.493 e. The minimum absolute atomic E-state index is 0.159. The lowest BCUT2D eigenvalue weighted by Gasteiger charge is -2.13. The van der Waals surface area contributed by atoms with E-state index in [4.69, 9.17) is 14.5 Å². The molecule has 1 aliphatic heterocycles. The highest BCUT2D eigenvalue weighted by Crippen LogP contribution is 2.34. The Bertz CT molecular complexity index is 1220. The first-order chi connectivity index (χ1) is 16.0. The molecular weight excluding hydrogens is 420 g/mol. The highest BCUT2D eigenvalue weighted by molar-refractivity contribution is 5.99. The van der Waals surface area contributed by atoms with Gasteiger partial charge in [-0.1, -0.05) is 0 Å². The second-order valence-corrected chi connectivity index (χ2v) is 7.66. The first-order valence-electron chi connectivity index (χ1n) is 10.8. The highest BCUT2D eigenvalue weighted by Gasteiger charge is 2.16. The average Bonchev–Trinajstić information content (AvgIpc) is 3.23. The van der Waals surface area contributed by atoms with E-state index in [0.29, 0.717) is 48.0 Å². The molecule has 4 N–H and O–H groups in total. The number of nitrogens with one attached hydrogen (secondary N) is 4. The molecule has 0 unspecified atom stereocenters. The number of amides is 1. The Hall–Kier alpha value is -3.85. The molecule has 4 rings (SSSR count). The van der Waals surface area contributed by atoms with Crippen molar-refractivity contribution in [2.75, 3.05) is 20.3 Å². The van der Waals surface area contributed by atoms with Crippen molar-refractivity contribution in [3.63, 3.8) is 0 Å². The molecule has 0 atom stereocenters. The second kappa shape index (κ2) is 9.74. The lowest BCUT2D eigenvalue weighted by molar-refractivity contribution is 0.0954. The molecule has 3 heterocycles. The second-order valence-electron chi connectivity index (χ2n) is 7.66. The Morgan fingerprint density at radius 1 is 1.09 bits per heavy atom. The molecule has 0 fully saturated rings. The number of carbonyl (C=O) groups excluding carboxylic acids is 1. The normalized spacial score (nSPS) is 13.0. The van der Waals surface area contributed by atoms with E-state index in [2.05, 4.69) is 26.7 Å². The van der Waals surface area contributed by atoms with Crippen molar-refractivity contribution in [3.8, 4) is 22.9 Å². The quantitative estimate of drug-likeness (QED) is 0.416. The van der Waals surface area contributed by atoms with Gasteiger partial charge in [-0.15, -0.1) is 0 Å². The summed E-state index contributed by atoms with van der Waals surface area (Å²) in [6.07, 6.45) is 0.683. The number of hydrogen-bond donors (Lipinski definition) is 4. The number of ether oxygens (including phenoxy) is 2. The molecular formula is C24H28N6O3. The van der Waals surface area contributed by atoms with Crippen LogP contribution in [0.4, 0.5) is 0 Å². The number of hydrogen-bond acceptors (Lipinski definition) is 8. The van der Waals surface area contributed by atoms with E-state index < -0.39 is 0 Å². The van der Waals surface area contributed by atoms with Crippen molar-refractivity contribution in [1.29, 1.82) is 0 Å². The first kappa shape index (κ1) is 22.3. The summed E-state index contributed by atoms with van der Waals surface area (Å²) in [4.78, 5) is 22.0. The SMILES string of the molecule is CCOc1cc(-c2ccc(C)nc2OC)nc2cc(C(=O)NCCC3=C(C)NNN3)ccc12. The monoisotopic (exact) mass is 448 g/mol. The molecule has 0 aliphatic carbocycles. The van der Waals surface area contributed by atoms with Gasteiger partial charge in [0.1, 0.15) is 5.75 Å². The van der Waals surface area contributed by atoms with E-state index in [9.17, 15) is 4.79 Å². The maximum atomic E-state index is 12.8. The summed E-state index contributed by atoms with van der Waals surface area (Å²) in [6, 6.07) is 11.2. The van der Waals surface area contributed by atoms with Crippen LogP contribution in [0.3, 0.4) is 0 Å². The number of fused-ring (bicyclic) bond motifs is 1. The maximum absolute atomic E-state index is 12.8. The van der Waals surface area contributed by atoms with Gasteiger partial charge in [0, 0.05) is 47.1 Å². The summed E-state index contributed by atoms with van der Waals surface area (Å²) in [5.74, 6) is 1.03. The zero-order valence-corrected chi connectivity index (χ0v) is 19.2. The van der Waals surface area contributed by atoms with E-state index in [0.717, 1.165) is 28.0 Å². The van der Waals surface area contributed by atoms with Crippen molar-refractivity contribution in [2.45, 2.75) is 27.2 Å². The molecule has 172 valence electrons. The third kappa shape index (κ3) is 4.83. The number of allylic oxidation sites excluding steroid dienone is 1. The van der Waals surface area contributed by atoms with Crippen LogP contribution in [0.15, 0.2) is 47.8 Å². The molecule has 9 nitrogen and oxygen atoms in total. The number of hydrazine groups is 2. The molecule has 3 aromatic rings. The summed E-state index contributed by atoms with van der Waals surface area (Å²) >= 11 is 0. The van der Waals surface area contributed by atoms with E-state index in [1.165, 1.54) is 0 Å². The van der Waals surface area contributed by atoms with Gasteiger partial charge in [-0.2, -0.15) is 5.53 Å². The largest absolute Gasteiger partial charge is 0.493 e. The standard InChI is InChI=1S/C24H28N6O3/c1-5-33-22-13-21(18-8-6-14(2)26-24(18)32-4)27-20-12-16(7-9-17(20)22)23(31)25-11-10-19-15(3)28-30-29-19/h6-9,12-13,28-30H,5,10-11H2,1-4H3,(H,25,31). The van der Waals surface area contributed by atoms with Gasteiger partial charge in [-0.25, -0.2) is 9.97 Å². The van der Waals surface area contributed by atoms with Crippen molar-refractivity contribution < 1.29 is 14.3 Å². The Balaban J connectivity index is 1.64. The van der Waals surface area contributed by atoms with Crippen molar-refractivity contribution >= 4 is 16.8 Å². The zero-order valence-electron chi connectivity index (χ0n) is 19.2. The molecule has 1 aromatic carbocycles. The smallest absolute Gasteiger partial charge is 0.251 e. The number of methoxy groups -OCH3 is 1. The van der Waals surface area contributed by atoms with Crippen LogP contribution < -0.4 is 31.2 Å². The summed E-state index contributed by atoms with van der Waals surface area (Å²) < 4.78 is 11.4. The Morgan fingerprint density at radius 3 is 2.67 bits per heavy atom. The predicted octanol–water partition coefficient (Wildman–Crippen LogP) is 2.98. The van der Waals surface area contributed by atoms with Gasteiger partial charge >= 0.3 is 0 Å². The van der Waals surface area contributed by atoms with Crippen molar-refractivity contribution in [3.05, 3.63) is 59.0 Å². The van der Waals surface area contributed by atoms with Gasteiger partial charge in [0.2, 0.25) is 5.88 Å². The van der Waals surface area contributed by atoms with Gasteiger partial charge in [-0.3, -0.25) is 4.79 Å². The van der Waals surface area contributed by atoms with Crippen LogP contribution in [0.1, 0.15) is 36.3 Å². The van der Waals surface area contributed by atoms with Crippen LogP contribution in [0.2, 0.25) is 0 Å². The zero-order chi connectivity index (χ0) is 23.4. The van der Waals surface area contributed by atoms with Crippen molar-refractivity contribution in [2.24, 2.45) is 0 Å². The van der Waals surface area contributed by atoms with Crippen LogP contribution in [0.25, 0.3) is 22.2 Å². The number of aryl methyl sites for hydroxylation is 1. The Morgan fingerprint density at radius 2 is 1.94 bits per heavy atom. The molecule has 1 aliphatic rings. The Kier molecular flexibility index (Phi) is 6.60. The number of pyridine rings is 2. The average molecular weight is 449 g/mol. The Labute approximate surface area is 192 Å². The molecule has 2 aromatic heterocycles. The predicted molar refractivity (Wildman–Crippen MR) is 126 cm³/mol. The first-order valence-corrected chi connectivity index (χ1v) is 10.8. The van der Waals surface area contributed by atoms with Gasteiger partial charge in [0.25, 0.3) is 5.91 Å². The molecule has 9 heteroatoms. The van der Waals surface area contributed by atoms with Gasteiger partial charge in [0.05, 0.1) is 30.5 Å².